The van der Waals surface area contributed by atoms with Crippen molar-refractivity contribution in [2.24, 2.45) is 0 Å². The molecule has 0 saturated carbocycles. The van der Waals surface area contributed by atoms with Gasteiger partial charge in [0, 0.05) is 55.5 Å². The van der Waals surface area contributed by atoms with Gasteiger partial charge >= 0.3 is 0 Å². The molecule has 2 aliphatic heterocycles. The van der Waals surface area contributed by atoms with Crippen LogP contribution < -0.4 is 14.4 Å². The van der Waals surface area contributed by atoms with Gasteiger partial charge in [-0.25, -0.2) is 9.97 Å². The molecule has 1 aromatic carbocycles. The van der Waals surface area contributed by atoms with E-state index in [0.29, 0.717) is 19.7 Å². The van der Waals surface area contributed by atoms with Crippen LogP contribution in [0.15, 0.2) is 48.8 Å². The van der Waals surface area contributed by atoms with Gasteiger partial charge in [0.25, 0.3) is 0 Å². The molecule has 1 saturated heterocycles. The summed E-state index contributed by atoms with van der Waals surface area (Å²) in [5.41, 5.74) is 2.83. The van der Waals surface area contributed by atoms with Crippen LogP contribution in [0.5, 0.6) is 11.5 Å². The van der Waals surface area contributed by atoms with Crippen LogP contribution in [0.1, 0.15) is 21.7 Å². The molecule has 4 heterocycles. The fourth-order valence-electron chi connectivity index (χ4n) is 4.57. The molecule has 0 amide bonds. The zero-order valence-electron chi connectivity index (χ0n) is 19.1. The van der Waals surface area contributed by atoms with Crippen LogP contribution in [0.3, 0.4) is 0 Å². The number of anilines is 1. The van der Waals surface area contributed by atoms with Gasteiger partial charge in [0.15, 0.2) is 23.4 Å². The summed E-state index contributed by atoms with van der Waals surface area (Å²) in [6, 6.07) is 11.6. The second-order valence-electron chi connectivity index (χ2n) is 8.63. The first-order valence-corrected chi connectivity index (χ1v) is 11.4. The molecule has 2 aliphatic rings. The zero-order valence-corrected chi connectivity index (χ0v) is 19.1. The summed E-state index contributed by atoms with van der Waals surface area (Å²) in [6.45, 7) is 8.88. The molecule has 172 valence electrons. The van der Waals surface area contributed by atoms with Crippen LogP contribution in [0.25, 0.3) is 0 Å². The summed E-state index contributed by atoms with van der Waals surface area (Å²) in [6.07, 6.45) is 3.43. The highest BCUT2D eigenvalue weighted by molar-refractivity contribution is 5.99. The highest BCUT2D eigenvalue weighted by Crippen LogP contribution is 2.31. The number of piperazine rings is 1. The highest BCUT2D eigenvalue weighted by Gasteiger charge is 2.26. The van der Waals surface area contributed by atoms with E-state index in [1.165, 1.54) is 0 Å². The minimum absolute atomic E-state index is 0.0964. The predicted octanol–water partition coefficient (Wildman–Crippen LogP) is 2.74. The van der Waals surface area contributed by atoms with Crippen molar-refractivity contribution in [1.82, 2.24) is 19.4 Å². The second kappa shape index (κ2) is 9.23. The number of aryl methyl sites for hydroxylation is 1. The first-order chi connectivity index (χ1) is 16.1. The number of benzene rings is 1. The lowest BCUT2D eigenvalue weighted by atomic mass is 10.1. The van der Waals surface area contributed by atoms with Crippen LogP contribution in [0.4, 0.5) is 5.95 Å². The van der Waals surface area contributed by atoms with Gasteiger partial charge in [-0.1, -0.05) is 12.1 Å². The number of aromatic nitrogens is 3. The van der Waals surface area contributed by atoms with Gasteiger partial charge in [-0.15, -0.1) is 0 Å². The van der Waals surface area contributed by atoms with Gasteiger partial charge in [0.05, 0.1) is 13.1 Å². The Morgan fingerprint density at radius 3 is 2.52 bits per heavy atom. The minimum Gasteiger partial charge on any atom is -0.486 e. The van der Waals surface area contributed by atoms with Crippen LogP contribution in [-0.4, -0.2) is 70.7 Å². The van der Waals surface area contributed by atoms with E-state index in [-0.39, 0.29) is 11.9 Å². The SMILES string of the molecule is Cc1cc(C(=O)CN2CCN(c3ncccn3)CC2)c(C)n1CC1COc2ccccc2O1. The topological polar surface area (TPSA) is 72.7 Å². The van der Waals surface area contributed by atoms with Crippen molar-refractivity contribution in [3.63, 3.8) is 0 Å². The predicted molar refractivity (Wildman–Crippen MR) is 125 cm³/mol. The molecular formula is C25H29N5O3. The molecule has 1 unspecified atom stereocenters. The largest absolute Gasteiger partial charge is 0.486 e. The first kappa shape index (κ1) is 21.5. The molecular weight excluding hydrogens is 418 g/mol. The number of hydrogen-bond acceptors (Lipinski definition) is 7. The molecule has 0 radical (unpaired) electrons. The summed E-state index contributed by atoms with van der Waals surface area (Å²) in [5.74, 6) is 2.46. The molecule has 0 aliphatic carbocycles. The molecule has 1 fully saturated rings. The Bertz CT molecular complexity index is 1120. The van der Waals surface area contributed by atoms with E-state index in [2.05, 4.69) is 24.3 Å². The fraction of sp³-hybridized carbons (Fsp3) is 0.400. The van der Waals surface area contributed by atoms with Gasteiger partial charge in [-0.3, -0.25) is 9.69 Å². The summed E-state index contributed by atoms with van der Waals surface area (Å²) in [7, 11) is 0. The number of ketones is 1. The van der Waals surface area contributed by atoms with Gasteiger partial charge in [-0.2, -0.15) is 0 Å². The molecule has 8 heteroatoms. The number of rotatable bonds is 6. The number of para-hydroxylation sites is 2. The molecule has 33 heavy (non-hydrogen) atoms. The normalized spacial score (nSPS) is 18.4. The quantitative estimate of drug-likeness (QED) is 0.538. The number of fused-ring (bicyclic) bond motifs is 1. The van der Waals surface area contributed by atoms with Gasteiger partial charge < -0.3 is 18.9 Å². The third kappa shape index (κ3) is 4.57. The van der Waals surface area contributed by atoms with Crippen molar-refractivity contribution in [1.29, 1.82) is 0 Å². The number of ether oxygens (including phenoxy) is 2. The van der Waals surface area contributed by atoms with E-state index < -0.39 is 0 Å². The van der Waals surface area contributed by atoms with Crippen molar-refractivity contribution in [2.45, 2.75) is 26.5 Å². The van der Waals surface area contributed by atoms with Gasteiger partial charge in [0.2, 0.25) is 5.95 Å². The molecule has 1 atom stereocenters. The molecule has 8 nitrogen and oxygen atoms in total. The highest BCUT2D eigenvalue weighted by atomic mass is 16.6. The molecule has 0 spiro atoms. The molecule has 5 rings (SSSR count). The Kier molecular flexibility index (Phi) is 6.00. The van der Waals surface area contributed by atoms with E-state index >= 15 is 0 Å². The standard InChI is InChI=1S/C25H29N5O3/c1-18-14-21(19(2)30(18)15-20-17-32-23-6-3-4-7-24(23)33-20)22(31)16-28-10-12-29(13-11-28)25-26-8-5-9-27-25/h3-9,14,20H,10-13,15-17H2,1-2H3. The number of hydrogen-bond donors (Lipinski definition) is 0. The smallest absolute Gasteiger partial charge is 0.225 e. The van der Waals surface area contributed by atoms with Crippen molar-refractivity contribution >= 4 is 11.7 Å². The van der Waals surface area contributed by atoms with E-state index in [9.17, 15) is 4.79 Å². The first-order valence-electron chi connectivity index (χ1n) is 11.4. The van der Waals surface area contributed by atoms with Crippen molar-refractivity contribution in [3.8, 4) is 11.5 Å². The number of nitrogens with zero attached hydrogens (tertiary/aromatic N) is 5. The average molecular weight is 448 g/mol. The minimum atomic E-state index is -0.0964. The summed E-state index contributed by atoms with van der Waals surface area (Å²) >= 11 is 0. The van der Waals surface area contributed by atoms with E-state index in [1.807, 2.05) is 50.2 Å². The molecule has 0 N–H and O–H groups in total. The van der Waals surface area contributed by atoms with Gasteiger partial charge in [-0.05, 0) is 38.1 Å². The van der Waals surface area contributed by atoms with Crippen molar-refractivity contribution < 1.29 is 14.3 Å². The second-order valence-corrected chi connectivity index (χ2v) is 8.63. The Balaban J connectivity index is 1.20. The van der Waals surface area contributed by atoms with Crippen LogP contribution >= 0.6 is 0 Å². The van der Waals surface area contributed by atoms with E-state index in [1.54, 1.807) is 12.4 Å². The maximum Gasteiger partial charge on any atom is 0.225 e. The average Bonchev–Trinajstić information content (AvgIpc) is 3.13. The third-order valence-electron chi connectivity index (χ3n) is 6.40. The lowest BCUT2D eigenvalue weighted by Crippen LogP contribution is -2.48. The zero-order chi connectivity index (χ0) is 22.8. The maximum absolute atomic E-state index is 13.2. The van der Waals surface area contributed by atoms with E-state index in [4.69, 9.17) is 9.47 Å². The fourth-order valence-corrected chi connectivity index (χ4v) is 4.57. The van der Waals surface area contributed by atoms with Crippen molar-refractivity contribution in [3.05, 3.63) is 65.7 Å². The molecule has 2 aromatic heterocycles. The molecule has 3 aromatic rings. The Labute approximate surface area is 193 Å². The Morgan fingerprint density at radius 2 is 1.76 bits per heavy atom. The number of Topliss-reactive ketones (excluding diaryl/α,β-unsaturated/α-hetero) is 1. The summed E-state index contributed by atoms with van der Waals surface area (Å²) in [5, 5.41) is 0. The van der Waals surface area contributed by atoms with Crippen LogP contribution in [0.2, 0.25) is 0 Å². The van der Waals surface area contributed by atoms with Crippen LogP contribution in [-0.2, 0) is 6.54 Å². The van der Waals surface area contributed by atoms with E-state index in [0.717, 1.165) is 60.6 Å². The summed E-state index contributed by atoms with van der Waals surface area (Å²) < 4.78 is 14.2. The monoisotopic (exact) mass is 447 g/mol. The van der Waals surface area contributed by atoms with Crippen molar-refractivity contribution in [2.75, 3.05) is 44.2 Å². The molecule has 0 bridgehead atoms. The lowest BCUT2D eigenvalue weighted by Gasteiger charge is -2.34. The lowest BCUT2D eigenvalue weighted by molar-refractivity contribution is 0.0777. The Hall–Kier alpha value is -3.39. The summed E-state index contributed by atoms with van der Waals surface area (Å²) in [4.78, 5) is 26.2. The van der Waals surface area contributed by atoms with Crippen LogP contribution in [0, 0.1) is 13.8 Å². The number of carbonyl (C=O) groups excluding carboxylic acids is 1. The van der Waals surface area contributed by atoms with Gasteiger partial charge in [0.1, 0.15) is 6.61 Å². The third-order valence-corrected chi connectivity index (χ3v) is 6.40. The number of carbonyl (C=O) groups is 1. The Morgan fingerprint density at radius 1 is 1.03 bits per heavy atom. The maximum atomic E-state index is 13.2.